The molecule has 0 radical (unpaired) electrons. The molecule has 0 aliphatic carbocycles. The first kappa shape index (κ1) is 16.8. The Morgan fingerprint density at radius 3 is 2.14 bits per heavy atom. The van der Waals surface area contributed by atoms with Crippen LogP contribution < -0.4 is 15.5 Å². The number of phenols is 1. The third kappa shape index (κ3) is 3.62. The number of anilines is 1. The molecule has 0 bridgehead atoms. The maximum absolute atomic E-state index is 10.1. The first-order chi connectivity index (χ1) is 10.4. The van der Waals surface area contributed by atoms with Crippen LogP contribution in [0.15, 0.2) is 42.5 Å². The van der Waals surface area contributed by atoms with Gasteiger partial charge in [-0.2, -0.15) is 0 Å². The lowest BCUT2D eigenvalue weighted by Gasteiger charge is -2.35. The van der Waals surface area contributed by atoms with E-state index in [0.29, 0.717) is 26.4 Å². The third-order valence-corrected chi connectivity index (χ3v) is 5.40. The fourth-order valence-corrected chi connectivity index (χ4v) is 4.18. The second-order valence-corrected chi connectivity index (χ2v) is 7.49. The molecule has 1 atom stereocenters. The van der Waals surface area contributed by atoms with Gasteiger partial charge in [-0.05, 0) is 52.3 Å². The number of nitrogens with zero attached hydrogens (tertiary/aromatic N) is 1. The van der Waals surface area contributed by atoms with Gasteiger partial charge >= 0.3 is 0 Å². The van der Waals surface area contributed by atoms with Crippen LogP contribution in [0.1, 0.15) is 33.3 Å². The van der Waals surface area contributed by atoms with Gasteiger partial charge in [0.25, 0.3) is 0 Å². The smallest absolute Gasteiger partial charge is 0.123 e. The van der Waals surface area contributed by atoms with E-state index in [0.717, 1.165) is 5.30 Å². The first-order valence-corrected chi connectivity index (χ1v) is 8.84. The van der Waals surface area contributed by atoms with Gasteiger partial charge < -0.3 is 10.0 Å². The minimum Gasteiger partial charge on any atom is -0.507 e. The van der Waals surface area contributed by atoms with E-state index in [1.165, 1.54) is 16.6 Å². The highest BCUT2D eigenvalue weighted by Crippen LogP contribution is 2.28. The van der Waals surface area contributed by atoms with Crippen molar-refractivity contribution in [2.75, 3.05) is 4.90 Å². The van der Waals surface area contributed by atoms with Crippen molar-refractivity contribution in [3.05, 3.63) is 48.0 Å². The minimum absolute atomic E-state index is 0.385. The summed E-state index contributed by atoms with van der Waals surface area (Å²) < 4.78 is 0. The van der Waals surface area contributed by atoms with Crippen LogP contribution in [0.3, 0.4) is 0 Å². The molecule has 118 valence electrons. The molecule has 1 N–H and O–H groups in total. The molecule has 2 rings (SSSR count). The molecule has 22 heavy (non-hydrogen) atoms. The van der Waals surface area contributed by atoms with E-state index in [9.17, 15) is 5.11 Å². The topological polar surface area (TPSA) is 23.5 Å². The van der Waals surface area contributed by atoms with Gasteiger partial charge in [0.15, 0.2) is 0 Å². The quantitative estimate of drug-likeness (QED) is 0.845. The van der Waals surface area contributed by atoms with E-state index in [-0.39, 0.29) is 0 Å². The molecule has 0 heterocycles. The Balaban J connectivity index is 2.49. The van der Waals surface area contributed by atoms with Gasteiger partial charge in [0, 0.05) is 28.4 Å². The van der Waals surface area contributed by atoms with Crippen LogP contribution in [0, 0.1) is 6.92 Å². The van der Waals surface area contributed by atoms with E-state index in [1.54, 1.807) is 6.07 Å². The summed E-state index contributed by atoms with van der Waals surface area (Å²) in [6.07, 6.45) is 0. The molecule has 0 saturated heterocycles. The molecule has 0 amide bonds. The lowest BCUT2D eigenvalue weighted by Crippen LogP contribution is -2.39. The second-order valence-electron chi connectivity index (χ2n) is 6.21. The van der Waals surface area contributed by atoms with E-state index in [1.807, 2.05) is 18.2 Å². The number of hydrogen-bond donors (Lipinski definition) is 1. The average molecular weight is 315 g/mol. The van der Waals surface area contributed by atoms with Crippen LogP contribution >= 0.6 is 8.58 Å². The molecule has 0 aliphatic rings. The van der Waals surface area contributed by atoms with Gasteiger partial charge in [0.2, 0.25) is 0 Å². The number of benzene rings is 2. The largest absolute Gasteiger partial charge is 0.507 e. The summed E-state index contributed by atoms with van der Waals surface area (Å²) in [5, 5.41) is 12.4. The van der Waals surface area contributed by atoms with E-state index in [2.05, 4.69) is 57.7 Å². The first-order valence-electron chi connectivity index (χ1n) is 7.84. The number of aromatic hydroxyl groups is 1. The van der Waals surface area contributed by atoms with Gasteiger partial charge in [0.1, 0.15) is 5.75 Å². The summed E-state index contributed by atoms with van der Waals surface area (Å²) >= 11 is 0. The molecular weight excluding hydrogens is 289 g/mol. The van der Waals surface area contributed by atoms with E-state index < -0.39 is 0 Å². The zero-order chi connectivity index (χ0) is 16.3. The van der Waals surface area contributed by atoms with Crippen molar-refractivity contribution in [3.63, 3.8) is 0 Å². The predicted molar refractivity (Wildman–Crippen MR) is 99.6 cm³/mol. The lowest BCUT2D eigenvalue weighted by molar-refractivity contribution is 0.480. The monoisotopic (exact) mass is 315 g/mol. The molecule has 2 aromatic rings. The highest BCUT2D eigenvalue weighted by molar-refractivity contribution is 7.56. The molecule has 1 unspecified atom stereocenters. The molecule has 0 aromatic heterocycles. The van der Waals surface area contributed by atoms with E-state index >= 15 is 0 Å². The van der Waals surface area contributed by atoms with Gasteiger partial charge in [-0.3, -0.25) is 0 Å². The molecular formula is C19H26NOP. The fourth-order valence-electron chi connectivity index (χ4n) is 2.90. The Morgan fingerprint density at radius 1 is 0.909 bits per heavy atom. The number of rotatable bonds is 5. The van der Waals surface area contributed by atoms with Crippen molar-refractivity contribution in [1.82, 2.24) is 0 Å². The number of para-hydroxylation sites is 1. The zero-order valence-corrected chi connectivity index (χ0v) is 15.1. The molecule has 0 fully saturated rings. The normalized spacial score (nSPS) is 11.8. The van der Waals surface area contributed by atoms with Crippen LogP contribution in [0.4, 0.5) is 5.69 Å². The van der Waals surface area contributed by atoms with Crippen LogP contribution in [0.25, 0.3) is 0 Å². The molecule has 2 aromatic carbocycles. The zero-order valence-electron chi connectivity index (χ0n) is 14.1. The van der Waals surface area contributed by atoms with Crippen LogP contribution in [0.2, 0.25) is 0 Å². The molecule has 2 nitrogen and oxygen atoms in total. The summed E-state index contributed by atoms with van der Waals surface area (Å²) in [5.41, 5.74) is 2.57. The molecule has 0 saturated carbocycles. The third-order valence-electron chi connectivity index (χ3n) is 3.81. The summed E-state index contributed by atoms with van der Waals surface area (Å²) in [5.74, 6) is 0.385. The van der Waals surface area contributed by atoms with Crippen molar-refractivity contribution in [2.24, 2.45) is 0 Å². The van der Waals surface area contributed by atoms with Crippen molar-refractivity contribution in [1.29, 1.82) is 0 Å². The van der Waals surface area contributed by atoms with Crippen LogP contribution in [-0.2, 0) is 0 Å². The van der Waals surface area contributed by atoms with Gasteiger partial charge in [-0.25, -0.2) is 0 Å². The Kier molecular flexibility index (Phi) is 5.47. The second kappa shape index (κ2) is 7.15. The van der Waals surface area contributed by atoms with Gasteiger partial charge in [-0.1, -0.05) is 38.9 Å². The van der Waals surface area contributed by atoms with Crippen molar-refractivity contribution < 1.29 is 5.11 Å². The summed E-state index contributed by atoms with van der Waals surface area (Å²) in [4.78, 5) is 2.45. The standard InChI is InChI=1S/C19H26NOP/c1-13(2)20(14(3)4)16-10-8-9-15(5)19(16)22-18-12-7-6-11-17(18)21/h6-14,21-22H,1-5H3. The number of aryl methyl sites for hydroxylation is 1. The van der Waals surface area contributed by atoms with Gasteiger partial charge in [-0.15, -0.1) is 0 Å². The average Bonchev–Trinajstić information content (AvgIpc) is 2.43. The summed E-state index contributed by atoms with van der Waals surface area (Å²) in [6.45, 7) is 11.1. The highest BCUT2D eigenvalue weighted by atomic mass is 31.1. The Bertz CT molecular complexity index is 629. The maximum atomic E-state index is 10.1. The Labute approximate surface area is 136 Å². The van der Waals surface area contributed by atoms with Crippen LogP contribution in [-0.4, -0.2) is 17.2 Å². The lowest BCUT2D eigenvalue weighted by atomic mass is 10.1. The summed E-state index contributed by atoms with van der Waals surface area (Å²) in [6, 6.07) is 15.0. The highest BCUT2D eigenvalue weighted by Gasteiger charge is 2.19. The number of phenolic OH excluding ortho intramolecular Hbond substituents is 1. The van der Waals surface area contributed by atoms with Crippen LogP contribution in [0.5, 0.6) is 5.75 Å². The molecule has 3 heteroatoms. The van der Waals surface area contributed by atoms with Gasteiger partial charge in [0.05, 0.1) is 0 Å². The fraction of sp³-hybridized carbons (Fsp3) is 0.368. The SMILES string of the molecule is Cc1cccc(N(C(C)C)C(C)C)c1Pc1ccccc1O. The predicted octanol–water partition coefficient (Wildman–Crippen LogP) is 3.95. The minimum atomic E-state index is 0.385. The van der Waals surface area contributed by atoms with Crippen molar-refractivity contribution >= 4 is 24.9 Å². The maximum Gasteiger partial charge on any atom is 0.123 e. The number of hydrogen-bond acceptors (Lipinski definition) is 2. The Morgan fingerprint density at radius 2 is 1.55 bits per heavy atom. The Hall–Kier alpha value is -1.53. The molecule has 0 spiro atoms. The molecule has 0 aliphatic heterocycles. The van der Waals surface area contributed by atoms with E-state index in [4.69, 9.17) is 0 Å². The van der Waals surface area contributed by atoms with Crippen molar-refractivity contribution in [3.8, 4) is 5.75 Å². The summed E-state index contributed by atoms with van der Waals surface area (Å²) in [7, 11) is 0.460. The van der Waals surface area contributed by atoms with Crippen molar-refractivity contribution in [2.45, 2.75) is 46.7 Å².